The van der Waals surface area contributed by atoms with Gasteiger partial charge in [-0.2, -0.15) is 0 Å². The van der Waals surface area contributed by atoms with Gasteiger partial charge in [-0.05, 0) is 72.1 Å². The highest BCUT2D eigenvalue weighted by Gasteiger charge is 2.44. The topological polar surface area (TPSA) is 548 Å². The predicted molar refractivity (Wildman–Crippen MR) is 357 cm³/mol. The molecule has 0 aromatic heterocycles. The van der Waals surface area contributed by atoms with Gasteiger partial charge in [0.1, 0.15) is 48.3 Å². The summed E-state index contributed by atoms with van der Waals surface area (Å²) in [6.07, 6.45) is 10.9. The minimum absolute atomic E-state index is 0.0175. The Balaban J connectivity index is 2.34. The van der Waals surface area contributed by atoms with E-state index in [4.69, 9.17) is 5.73 Å². The lowest BCUT2D eigenvalue weighted by Gasteiger charge is -2.39. The average molecular weight is 1420 g/mol. The second kappa shape index (κ2) is 46.2. The van der Waals surface area contributed by atoms with Crippen molar-refractivity contribution in [3.63, 3.8) is 0 Å². The van der Waals surface area contributed by atoms with Crippen molar-refractivity contribution in [1.82, 2.24) is 73.6 Å². The molecule has 2 aliphatic heterocycles. The van der Waals surface area contributed by atoms with Crippen LogP contribution in [0.15, 0.2) is 0 Å². The average Bonchev–Trinajstić information content (AvgIpc) is 0.830. The number of carboxylic acid groups (broad SMARTS) is 4. The van der Waals surface area contributed by atoms with Crippen LogP contribution in [0, 0.1) is 11.8 Å². The fourth-order valence-electron chi connectivity index (χ4n) is 11.0. The zero-order chi connectivity index (χ0) is 75.2. The molecule has 2 saturated heterocycles. The van der Waals surface area contributed by atoms with Crippen LogP contribution in [-0.2, 0) is 76.7 Å². The predicted octanol–water partition coefficient (Wildman–Crippen LogP) is -2.32. The third-order valence-electron chi connectivity index (χ3n) is 17.2. The first-order valence-corrected chi connectivity index (χ1v) is 34.4. The maximum absolute atomic E-state index is 15.0. The first-order chi connectivity index (χ1) is 47.3. The zero-order valence-corrected chi connectivity index (χ0v) is 58.4. The zero-order valence-electron chi connectivity index (χ0n) is 58.4. The Morgan fingerprint density at radius 1 is 0.460 bits per heavy atom. The Labute approximate surface area is 581 Å². The number of carbonyl (C=O) groups is 17. The molecule has 0 aromatic carbocycles. The molecular formula is C64H107N15O21. The van der Waals surface area contributed by atoms with Gasteiger partial charge in [-0.1, -0.05) is 91.4 Å². The molecule has 2 fully saturated rings. The molecule has 0 radical (unpaired) electrons. The van der Waals surface area contributed by atoms with Gasteiger partial charge in [0.25, 0.3) is 0 Å². The number of hydrogen-bond acceptors (Lipinski definition) is 18. The standard InChI is InChI=1S/C64H107N15O21/c1-8-9-10-11-12-13-14-15-16-17-18-20-27-66-64(100)74-43(32-51(88)89)57(92)77-54(40(7)71-58(93)44-24-22-28-78(44)35-80)62(97)79-29-21-19-23-45(79)59(94)76-52(37(4)63(98)99)60(95)73-42(31-50(86)87)56(91)67-33-47(82)72-41(30-49(84)85)55(90)68-34-48(83)75-53(39(6)69-46(81)25-26-65)61(96)70-38(5)36(2)3/h35-45,52-54H,8-34,65H2,1-7H3,(H,67,91)(H,68,90)(H,69,81)(H,70,96)(H,71,93)(H,72,82)(H,73,95)(H,75,83)(H,76,94)(H,77,92)(H,84,85)(H,86,87)(H,88,89)(H,98,99)(H2,66,74,100). The summed E-state index contributed by atoms with van der Waals surface area (Å²) in [5.41, 5.74) is 5.46. The van der Waals surface area contributed by atoms with Gasteiger partial charge in [-0.15, -0.1) is 0 Å². The molecule has 2 rings (SSSR count). The Morgan fingerprint density at radius 3 is 1.47 bits per heavy atom. The van der Waals surface area contributed by atoms with E-state index in [-0.39, 0.29) is 70.2 Å². The number of rotatable bonds is 48. The van der Waals surface area contributed by atoms with Crippen LogP contribution in [0.4, 0.5) is 4.79 Å². The van der Waals surface area contributed by atoms with Crippen molar-refractivity contribution in [3.8, 4) is 0 Å². The van der Waals surface area contributed by atoms with Gasteiger partial charge in [0.2, 0.25) is 71.4 Å². The van der Waals surface area contributed by atoms with Crippen molar-refractivity contribution in [3.05, 3.63) is 0 Å². The van der Waals surface area contributed by atoms with Gasteiger partial charge in [0.05, 0.1) is 50.4 Å². The fourth-order valence-corrected chi connectivity index (χ4v) is 11.0. The number of likely N-dealkylation sites (tertiary alicyclic amines) is 2. The van der Waals surface area contributed by atoms with Gasteiger partial charge in [-0.3, -0.25) is 76.7 Å². The molecule has 564 valence electrons. The fraction of sp³-hybridized carbons (Fsp3) is 0.734. The SMILES string of the molecule is CCCCCCCCCCCCCCNC(=O)NC(CC(=O)O)C(=O)NC(C(=O)N1CCCCC1C(=O)NC(C(=O)NC(CC(=O)O)C(=O)NCC(=O)NC(CC(=O)O)C(=O)NCC(=O)NC(C(=O)NC(C)C(C)C)C(C)NC(=O)CCN)C(C)C(=O)O)C(C)NC(=O)C1CCCN1C=O. The lowest BCUT2D eigenvalue weighted by molar-refractivity contribution is -0.149. The molecule has 12 unspecified atom stereocenters. The molecular weight excluding hydrogens is 1310 g/mol. The summed E-state index contributed by atoms with van der Waals surface area (Å²) in [7, 11) is 0. The molecule has 18 N–H and O–H groups in total. The highest BCUT2D eigenvalue weighted by atomic mass is 16.4. The monoisotopic (exact) mass is 1420 g/mol. The molecule has 0 bridgehead atoms. The lowest BCUT2D eigenvalue weighted by Crippen LogP contribution is -2.66. The number of carbonyl (C=O) groups excluding carboxylic acids is 13. The van der Waals surface area contributed by atoms with Crippen molar-refractivity contribution in [2.75, 3.05) is 39.3 Å². The van der Waals surface area contributed by atoms with Gasteiger partial charge in [-0.25, -0.2) is 4.79 Å². The molecule has 0 aromatic rings. The number of aliphatic carboxylic acids is 4. The van der Waals surface area contributed by atoms with E-state index in [0.717, 1.165) is 43.9 Å². The summed E-state index contributed by atoms with van der Waals surface area (Å²) in [5.74, 6) is -20.3. The second-order valence-corrected chi connectivity index (χ2v) is 25.7. The number of piperidine rings is 1. The van der Waals surface area contributed by atoms with Crippen LogP contribution in [0.5, 0.6) is 0 Å². The number of unbranched alkanes of at least 4 members (excludes halogenated alkanes) is 11. The molecule has 12 atom stereocenters. The normalized spacial score (nSPS) is 17.2. The van der Waals surface area contributed by atoms with Crippen LogP contribution < -0.4 is 69.5 Å². The van der Waals surface area contributed by atoms with E-state index in [1.165, 1.54) is 57.3 Å². The number of amides is 14. The number of hydrogen-bond donors (Lipinski definition) is 17. The summed E-state index contributed by atoms with van der Waals surface area (Å²) in [6.45, 7) is 9.36. The maximum Gasteiger partial charge on any atom is 0.315 e. The van der Waals surface area contributed by atoms with Crippen molar-refractivity contribution in [2.24, 2.45) is 17.6 Å². The summed E-state index contributed by atoms with van der Waals surface area (Å²) in [4.78, 5) is 226. The number of nitrogens with one attached hydrogen (secondary N) is 12. The van der Waals surface area contributed by atoms with E-state index in [1.54, 1.807) is 6.92 Å². The first-order valence-electron chi connectivity index (χ1n) is 34.4. The van der Waals surface area contributed by atoms with Crippen molar-refractivity contribution >= 4 is 101 Å². The van der Waals surface area contributed by atoms with Crippen molar-refractivity contribution in [2.45, 2.75) is 250 Å². The van der Waals surface area contributed by atoms with Crippen molar-refractivity contribution in [1.29, 1.82) is 0 Å². The number of nitrogens with two attached hydrogens (primary N) is 1. The molecule has 36 heteroatoms. The van der Waals surface area contributed by atoms with Crippen LogP contribution in [-0.4, -0.2) is 237 Å². The number of carboxylic acids is 4. The van der Waals surface area contributed by atoms with E-state index in [9.17, 15) is 102 Å². The van der Waals surface area contributed by atoms with Crippen LogP contribution >= 0.6 is 0 Å². The quantitative estimate of drug-likeness (QED) is 0.0225. The Morgan fingerprint density at radius 2 is 0.950 bits per heavy atom. The summed E-state index contributed by atoms with van der Waals surface area (Å²) >= 11 is 0. The Bertz CT molecular complexity index is 2810. The maximum atomic E-state index is 15.0. The minimum atomic E-state index is -2.16. The van der Waals surface area contributed by atoms with Crippen molar-refractivity contribution < 1.29 is 102 Å². The van der Waals surface area contributed by atoms with Crippen LogP contribution in [0.1, 0.15) is 183 Å². The van der Waals surface area contributed by atoms with E-state index in [0.29, 0.717) is 19.3 Å². The molecule has 2 heterocycles. The molecule has 36 nitrogen and oxygen atoms in total. The Hall–Kier alpha value is -9.25. The molecule has 0 aliphatic carbocycles. The smallest absolute Gasteiger partial charge is 0.315 e. The van der Waals surface area contributed by atoms with E-state index in [2.05, 4.69) is 54.8 Å². The van der Waals surface area contributed by atoms with Crippen LogP contribution in [0.25, 0.3) is 0 Å². The van der Waals surface area contributed by atoms with E-state index in [1.807, 2.05) is 29.8 Å². The van der Waals surface area contributed by atoms with Gasteiger partial charge >= 0.3 is 29.9 Å². The van der Waals surface area contributed by atoms with Crippen LogP contribution in [0.3, 0.4) is 0 Å². The second-order valence-electron chi connectivity index (χ2n) is 25.7. The minimum Gasteiger partial charge on any atom is -0.481 e. The summed E-state index contributed by atoms with van der Waals surface area (Å²) < 4.78 is 0. The van der Waals surface area contributed by atoms with Gasteiger partial charge in [0, 0.05) is 38.6 Å². The molecule has 0 saturated carbocycles. The highest BCUT2D eigenvalue weighted by molar-refractivity contribution is 6.00. The first kappa shape index (κ1) is 86.8. The third-order valence-corrected chi connectivity index (χ3v) is 17.2. The molecule has 0 spiro atoms. The number of nitrogens with zero attached hydrogens (tertiary/aromatic N) is 2. The summed E-state index contributed by atoms with van der Waals surface area (Å²) in [6, 6.07) is -17.6. The van der Waals surface area contributed by atoms with Gasteiger partial charge in [0.15, 0.2) is 0 Å². The lowest BCUT2D eigenvalue weighted by atomic mass is 9.96. The van der Waals surface area contributed by atoms with E-state index < -0.39 is 194 Å². The molecule has 2 aliphatic rings. The van der Waals surface area contributed by atoms with Crippen LogP contribution in [0.2, 0.25) is 0 Å². The number of urea groups is 1. The summed E-state index contributed by atoms with van der Waals surface area (Å²) in [5, 5.41) is 67.6. The van der Waals surface area contributed by atoms with Gasteiger partial charge < -0.3 is 99.8 Å². The third kappa shape index (κ3) is 32.2. The van der Waals surface area contributed by atoms with E-state index >= 15 is 0 Å². The highest BCUT2D eigenvalue weighted by Crippen LogP contribution is 2.22. The Kier molecular flexibility index (Phi) is 40.1. The molecule has 100 heavy (non-hydrogen) atoms. The molecule has 14 amide bonds. The largest absolute Gasteiger partial charge is 0.481 e.